The maximum Gasteiger partial charge on any atom is 0.120 e. The number of benzene rings is 1. The van der Waals surface area contributed by atoms with Crippen LogP contribution in [-0.4, -0.2) is 29.2 Å². The molecule has 1 aliphatic heterocycles. The molecular formula is C22H27N3O. The van der Waals surface area contributed by atoms with E-state index < -0.39 is 0 Å². The Hall–Kier alpha value is -2.33. The van der Waals surface area contributed by atoms with Crippen LogP contribution < -0.4 is 10.1 Å². The number of nitrogens with zero attached hydrogens (tertiary/aromatic N) is 1. The molecule has 2 N–H and O–H groups in total. The van der Waals surface area contributed by atoms with Gasteiger partial charge in [0.25, 0.3) is 0 Å². The van der Waals surface area contributed by atoms with Gasteiger partial charge < -0.3 is 15.0 Å². The molecule has 4 rings (SSSR count). The second kappa shape index (κ2) is 7.12. The molecule has 2 aromatic heterocycles. The number of hydrogen-bond acceptors (Lipinski definition) is 3. The number of fused-ring (bicyclic) bond motifs is 1. The Morgan fingerprint density at radius 1 is 1.19 bits per heavy atom. The maximum atomic E-state index is 6.25. The molecule has 0 aliphatic carbocycles. The minimum atomic E-state index is 0.268. The molecule has 1 unspecified atom stereocenters. The van der Waals surface area contributed by atoms with Gasteiger partial charge in [-0.3, -0.25) is 4.98 Å². The van der Waals surface area contributed by atoms with E-state index in [1.165, 1.54) is 28.6 Å². The lowest BCUT2D eigenvalue weighted by molar-refractivity contribution is 0.167. The number of piperidine rings is 1. The van der Waals surface area contributed by atoms with Crippen LogP contribution in [0.4, 0.5) is 0 Å². The summed E-state index contributed by atoms with van der Waals surface area (Å²) in [7, 11) is 0. The number of hydrogen-bond donors (Lipinski definition) is 2. The van der Waals surface area contributed by atoms with Crippen LogP contribution in [0.3, 0.4) is 0 Å². The maximum absolute atomic E-state index is 6.25. The average Bonchev–Trinajstić information content (AvgIpc) is 3.01. The molecule has 0 radical (unpaired) electrons. The molecule has 4 nitrogen and oxygen atoms in total. The monoisotopic (exact) mass is 349 g/mol. The molecule has 0 amide bonds. The van der Waals surface area contributed by atoms with Gasteiger partial charge in [0.2, 0.25) is 0 Å². The van der Waals surface area contributed by atoms with Crippen molar-refractivity contribution in [2.45, 2.75) is 45.6 Å². The summed E-state index contributed by atoms with van der Waals surface area (Å²) in [4.78, 5) is 7.96. The SMILES string of the molecule is Cc1cc(-c2[nH]c3ccc(OC4CCCNC4)cc3c2C(C)C)ccn1. The zero-order valence-electron chi connectivity index (χ0n) is 15.8. The van der Waals surface area contributed by atoms with Gasteiger partial charge >= 0.3 is 0 Å². The summed E-state index contributed by atoms with van der Waals surface area (Å²) in [5.41, 5.74) is 5.92. The highest BCUT2D eigenvalue weighted by molar-refractivity contribution is 5.92. The summed E-state index contributed by atoms with van der Waals surface area (Å²) in [6.07, 6.45) is 4.45. The van der Waals surface area contributed by atoms with E-state index in [-0.39, 0.29) is 6.10 Å². The number of pyridine rings is 1. The van der Waals surface area contributed by atoms with Crippen LogP contribution in [0.15, 0.2) is 36.5 Å². The molecule has 1 saturated heterocycles. The molecule has 0 spiro atoms. The summed E-state index contributed by atoms with van der Waals surface area (Å²) in [6.45, 7) is 8.56. The van der Waals surface area contributed by atoms with E-state index in [0.717, 1.165) is 36.5 Å². The predicted molar refractivity (Wildman–Crippen MR) is 107 cm³/mol. The largest absolute Gasteiger partial charge is 0.489 e. The van der Waals surface area contributed by atoms with E-state index in [9.17, 15) is 0 Å². The third kappa shape index (κ3) is 3.34. The third-order valence-corrected chi connectivity index (χ3v) is 5.13. The predicted octanol–water partition coefficient (Wildman–Crippen LogP) is 4.79. The van der Waals surface area contributed by atoms with Crippen molar-refractivity contribution in [3.8, 4) is 17.0 Å². The van der Waals surface area contributed by atoms with Crippen LogP contribution in [0.1, 0.15) is 43.9 Å². The van der Waals surface area contributed by atoms with Crippen molar-refractivity contribution >= 4 is 10.9 Å². The first-order chi connectivity index (χ1) is 12.6. The average molecular weight is 349 g/mol. The van der Waals surface area contributed by atoms with Crippen molar-refractivity contribution in [3.05, 3.63) is 47.8 Å². The summed E-state index contributed by atoms with van der Waals surface area (Å²) >= 11 is 0. The Morgan fingerprint density at radius 3 is 2.81 bits per heavy atom. The van der Waals surface area contributed by atoms with E-state index in [0.29, 0.717) is 5.92 Å². The van der Waals surface area contributed by atoms with Crippen LogP contribution in [0.2, 0.25) is 0 Å². The van der Waals surface area contributed by atoms with Crippen LogP contribution in [-0.2, 0) is 0 Å². The molecule has 1 aromatic carbocycles. The number of nitrogens with one attached hydrogen (secondary N) is 2. The van der Waals surface area contributed by atoms with Gasteiger partial charge in [-0.1, -0.05) is 13.8 Å². The fourth-order valence-corrected chi connectivity index (χ4v) is 3.91. The highest BCUT2D eigenvalue weighted by Gasteiger charge is 2.19. The molecule has 0 saturated carbocycles. The lowest BCUT2D eigenvalue weighted by Crippen LogP contribution is -2.37. The smallest absolute Gasteiger partial charge is 0.120 e. The standard InChI is InChI=1S/C22H27N3O/c1-14(2)21-19-12-17(26-18-5-4-9-23-13-18)6-7-20(19)25-22(21)16-8-10-24-15(3)11-16/h6-8,10-12,14,18,23,25H,4-5,9,13H2,1-3H3. The molecule has 4 heteroatoms. The van der Waals surface area contributed by atoms with Gasteiger partial charge in [0.05, 0.1) is 5.69 Å². The van der Waals surface area contributed by atoms with Gasteiger partial charge in [0, 0.05) is 34.9 Å². The van der Waals surface area contributed by atoms with Crippen molar-refractivity contribution in [1.29, 1.82) is 0 Å². The van der Waals surface area contributed by atoms with E-state index in [2.05, 4.69) is 59.5 Å². The van der Waals surface area contributed by atoms with Crippen molar-refractivity contribution in [2.24, 2.45) is 0 Å². The Morgan fingerprint density at radius 2 is 2.08 bits per heavy atom. The van der Waals surface area contributed by atoms with Gasteiger partial charge in [-0.05, 0) is 68.1 Å². The molecule has 1 fully saturated rings. The summed E-state index contributed by atoms with van der Waals surface area (Å²) in [5.74, 6) is 1.38. The number of H-pyrrole nitrogens is 1. The number of ether oxygens (including phenoxy) is 1. The van der Waals surface area contributed by atoms with Gasteiger partial charge in [0.1, 0.15) is 11.9 Å². The second-order valence-electron chi connectivity index (χ2n) is 7.55. The quantitative estimate of drug-likeness (QED) is 0.712. The molecule has 26 heavy (non-hydrogen) atoms. The van der Waals surface area contributed by atoms with Crippen molar-refractivity contribution in [1.82, 2.24) is 15.3 Å². The van der Waals surface area contributed by atoms with Gasteiger partial charge in [0.15, 0.2) is 0 Å². The molecule has 3 aromatic rings. The van der Waals surface area contributed by atoms with Crippen molar-refractivity contribution < 1.29 is 4.74 Å². The van der Waals surface area contributed by atoms with Crippen LogP contribution in [0.25, 0.3) is 22.2 Å². The number of aryl methyl sites for hydroxylation is 1. The minimum absolute atomic E-state index is 0.268. The van der Waals surface area contributed by atoms with E-state index in [4.69, 9.17) is 4.74 Å². The highest BCUT2D eigenvalue weighted by Crippen LogP contribution is 2.37. The second-order valence-corrected chi connectivity index (χ2v) is 7.55. The van der Waals surface area contributed by atoms with Gasteiger partial charge in [-0.15, -0.1) is 0 Å². The first-order valence-electron chi connectivity index (χ1n) is 9.58. The van der Waals surface area contributed by atoms with E-state index in [1.54, 1.807) is 0 Å². The van der Waals surface area contributed by atoms with Crippen molar-refractivity contribution in [3.63, 3.8) is 0 Å². The van der Waals surface area contributed by atoms with Crippen LogP contribution in [0.5, 0.6) is 5.75 Å². The molecular weight excluding hydrogens is 322 g/mol. The molecule has 1 aliphatic rings. The topological polar surface area (TPSA) is 49.9 Å². The lowest BCUT2D eigenvalue weighted by Gasteiger charge is -2.24. The summed E-state index contributed by atoms with van der Waals surface area (Å²) in [5, 5.41) is 4.67. The van der Waals surface area contributed by atoms with E-state index >= 15 is 0 Å². The number of aromatic nitrogens is 2. The Bertz CT molecular complexity index is 907. The molecule has 1 atom stereocenters. The number of rotatable bonds is 4. The normalized spacial score (nSPS) is 17.8. The molecule has 136 valence electrons. The Kier molecular flexibility index (Phi) is 4.68. The first-order valence-corrected chi connectivity index (χ1v) is 9.58. The van der Waals surface area contributed by atoms with E-state index in [1.807, 2.05) is 13.1 Å². The zero-order valence-corrected chi connectivity index (χ0v) is 15.8. The van der Waals surface area contributed by atoms with Crippen LogP contribution in [0, 0.1) is 6.92 Å². The highest BCUT2D eigenvalue weighted by atomic mass is 16.5. The summed E-state index contributed by atoms with van der Waals surface area (Å²) in [6, 6.07) is 10.6. The number of aromatic amines is 1. The fraction of sp³-hybridized carbons (Fsp3) is 0.409. The Balaban J connectivity index is 1.75. The fourth-order valence-electron chi connectivity index (χ4n) is 3.91. The van der Waals surface area contributed by atoms with Gasteiger partial charge in [-0.25, -0.2) is 0 Å². The zero-order chi connectivity index (χ0) is 18.1. The molecule has 3 heterocycles. The third-order valence-electron chi connectivity index (χ3n) is 5.13. The Labute approximate surface area is 155 Å². The summed E-state index contributed by atoms with van der Waals surface area (Å²) < 4.78 is 6.25. The molecule has 0 bridgehead atoms. The van der Waals surface area contributed by atoms with Crippen LogP contribution >= 0.6 is 0 Å². The van der Waals surface area contributed by atoms with Crippen molar-refractivity contribution in [2.75, 3.05) is 13.1 Å². The first kappa shape index (κ1) is 17.1. The minimum Gasteiger partial charge on any atom is -0.489 e. The van der Waals surface area contributed by atoms with Gasteiger partial charge in [-0.2, -0.15) is 0 Å². The lowest BCUT2D eigenvalue weighted by atomic mass is 9.96.